The van der Waals surface area contributed by atoms with E-state index < -0.39 is 5.60 Å². The molecule has 0 bridgehead atoms. The SMILES string of the molecule is CCN1CC=C(CNC(=O)C(O)(c2ccccc2)C2CCCCC2)CC1. The number of nitrogens with one attached hydrogen (secondary N) is 1. The molecule has 4 nitrogen and oxygen atoms in total. The number of rotatable bonds is 6. The van der Waals surface area contributed by atoms with E-state index >= 15 is 0 Å². The standard InChI is InChI=1S/C22H32N2O2/c1-2-24-15-13-18(14-16-24)17-23-21(25)22(26,19-9-5-3-6-10-19)20-11-7-4-8-12-20/h3,5-6,9-10,13,20,26H,2,4,7-8,11-12,14-17H2,1H3,(H,23,25). The molecule has 0 aromatic heterocycles. The normalized spacial score (nSPS) is 21.7. The number of likely N-dealkylation sites (N-methyl/N-ethyl adjacent to an activating group) is 1. The van der Waals surface area contributed by atoms with E-state index in [4.69, 9.17) is 0 Å². The predicted octanol–water partition coefficient (Wildman–Crippen LogP) is 3.22. The average Bonchev–Trinajstić information content (AvgIpc) is 2.73. The van der Waals surface area contributed by atoms with Crippen molar-refractivity contribution < 1.29 is 9.90 Å². The number of benzene rings is 1. The van der Waals surface area contributed by atoms with Gasteiger partial charge in [-0.2, -0.15) is 0 Å². The van der Waals surface area contributed by atoms with Gasteiger partial charge in [-0.05, 0) is 31.4 Å². The lowest BCUT2D eigenvalue weighted by molar-refractivity contribution is -0.149. The van der Waals surface area contributed by atoms with Crippen LogP contribution in [0.4, 0.5) is 0 Å². The maximum Gasteiger partial charge on any atom is 0.257 e. The summed E-state index contributed by atoms with van der Waals surface area (Å²) in [4.78, 5) is 15.5. The van der Waals surface area contributed by atoms with E-state index in [1.165, 1.54) is 12.0 Å². The second-order valence-electron chi connectivity index (χ2n) is 7.66. The summed E-state index contributed by atoms with van der Waals surface area (Å²) in [7, 11) is 0. The molecular formula is C22H32N2O2. The number of aliphatic hydroxyl groups is 1. The Balaban J connectivity index is 1.72. The highest BCUT2D eigenvalue weighted by molar-refractivity contribution is 5.87. The van der Waals surface area contributed by atoms with Gasteiger partial charge in [0.25, 0.3) is 5.91 Å². The van der Waals surface area contributed by atoms with E-state index in [0.717, 1.165) is 57.3 Å². The molecular weight excluding hydrogens is 324 g/mol. The Morgan fingerprint density at radius 3 is 2.58 bits per heavy atom. The van der Waals surface area contributed by atoms with Crippen LogP contribution in [0.1, 0.15) is 51.0 Å². The number of amides is 1. The van der Waals surface area contributed by atoms with Crippen molar-refractivity contribution in [3.63, 3.8) is 0 Å². The van der Waals surface area contributed by atoms with Gasteiger partial charge in [0.2, 0.25) is 0 Å². The highest BCUT2D eigenvalue weighted by Crippen LogP contribution is 2.39. The third-order valence-corrected chi connectivity index (χ3v) is 6.07. The second-order valence-corrected chi connectivity index (χ2v) is 7.66. The molecule has 1 heterocycles. The Bertz CT molecular complexity index is 622. The van der Waals surface area contributed by atoms with E-state index in [1.54, 1.807) is 0 Å². The molecule has 1 saturated carbocycles. The van der Waals surface area contributed by atoms with E-state index in [-0.39, 0.29) is 11.8 Å². The maximum absolute atomic E-state index is 13.1. The van der Waals surface area contributed by atoms with Crippen molar-refractivity contribution in [3.05, 3.63) is 47.5 Å². The summed E-state index contributed by atoms with van der Waals surface area (Å²) < 4.78 is 0. The Morgan fingerprint density at radius 2 is 1.96 bits per heavy atom. The van der Waals surface area contributed by atoms with Crippen LogP contribution in [0.3, 0.4) is 0 Å². The molecule has 3 rings (SSSR count). The van der Waals surface area contributed by atoms with Crippen LogP contribution in [0.15, 0.2) is 42.0 Å². The van der Waals surface area contributed by atoms with Gasteiger partial charge in [0.05, 0.1) is 0 Å². The molecule has 142 valence electrons. The molecule has 1 amide bonds. The van der Waals surface area contributed by atoms with Gasteiger partial charge in [-0.25, -0.2) is 0 Å². The van der Waals surface area contributed by atoms with E-state index in [9.17, 15) is 9.90 Å². The van der Waals surface area contributed by atoms with Gasteiger partial charge < -0.3 is 10.4 Å². The van der Waals surface area contributed by atoms with Crippen molar-refractivity contribution in [1.29, 1.82) is 0 Å². The molecule has 1 aromatic rings. The van der Waals surface area contributed by atoms with Crippen molar-refractivity contribution in [2.75, 3.05) is 26.2 Å². The Kier molecular flexibility index (Phi) is 6.49. The molecule has 0 saturated heterocycles. The zero-order valence-corrected chi connectivity index (χ0v) is 15.9. The number of carbonyl (C=O) groups excluding carboxylic acids is 1. The summed E-state index contributed by atoms with van der Waals surface area (Å²) in [6, 6.07) is 9.49. The van der Waals surface area contributed by atoms with Gasteiger partial charge in [-0.15, -0.1) is 0 Å². The first-order valence-electron chi connectivity index (χ1n) is 10.1. The lowest BCUT2D eigenvalue weighted by Gasteiger charge is -2.37. The number of nitrogens with zero attached hydrogens (tertiary/aromatic N) is 1. The molecule has 1 aliphatic carbocycles. The van der Waals surface area contributed by atoms with Crippen molar-refractivity contribution >= 4 is 5.91 Å². The minimum absolute atomic E-state index is 0.00503. The van der Waals surface area contributed by atoms with Crippen LogP contribution in [0.5, 0.6) is 0 Å². The Morgan fingerprint density at radius 1 is 1.23 bits per heavy atom. The van der Waals surface area contributed by atoms with Crippen LogP contribution in [0.2, 0.25) is 0 Å². The largest absolute Gasteiger partial charge is 0.375 e. The van der Waals surface area contributed by atoms with Crippen molar-refractivity contribution in [2.24, 2.45) is 5.92 Å². The van der Waals surface area contributed by atoms with Crippen LogP contribution >= 0.6 is 0 Å². The van der Waals surface area contributed by atoms with Crippen LogP contribution < -0.4 is 5.32 Å². The van der Waals surface area contributed by atoms with Crippen LogP contribution in [0.25, 0.3) is 0 Å². The fraction of sp³-hybridized carbons (Fsp3) is 0.591. The topological polar surface area (TPSA) is 52.6 Å². The average molecular weight is 357 g/mol. The fourth-order valence-electron chi connectivity index (χ4n) is 4.29. The Labute approximate surface area is 157 Å². The second kappa shape index (κ2) is 8.83. The van der Waals surface area contributed by atoms with Gasteiger partial charge in [-0.1, -0.05) is 68.2 Å². The number of hydrogen-bond donors (Lipinski definition) is 2. The summed E-state index contributed by atoms with van der Waals surface area (Å²) in [6.07, 6.45) is 8.40. The highest BCUT2D eigenvalue weighted by atomic mass is 16.3. The zero-order valence-electron chi connectivity index (χ0n) is 15.9. The number of carbonyl (C=O) groups is 1. The maximum atomic E-state index is 13.1. The molecule has 2 N–H and O–H groups in total. The molecule has 1 fully saturated rings. The lowest BCUT2D eigenvalue weighted by atomic mass is 9.73. The molecule has 0 radical (unpaired) electrons. The summed E-state index contributed by atoms with van der Waals surface area (Å²) in [6.45, 7) is 5.77. The molecule has 2 aliphatic rings. The van der Waals surface area contributed by atoms with E-state index in [2.05, 4.69) is 23.2 Å². The highest BCUT2D eigenvalue weighted by Gasteiger charge is 2.45. The molecule has 1 unspecified atom stereocenters. The first-order valence-corrected chi connectivity index (χ1v) is 10.1. The van der Waals surface area contributed by atoms with Crippen LogP contribution in [-0.2, 0) is 10.4 Å². The molecule has 1 aliphatic heterocycles. The lowest BCUT2D eigenvalue weighted by Crippen LogP contribution is -2.50. The van der Waals surface area contributed by atoms with Crippen LogP contribution in [0, 0.1) is 5.92 Å². The molecule has 1 aromatic carbocycles. The smallest absolute Gasteiger partial charge is 0.257 e. The molecule has 0 spiro atoms. The van der Waals surface area contributed by atoms with Gasteiger partial charge in [-0.3, -0.25) is 9.69 Å². The van der Waals surface area contributed by atoms with Gasteiger partial charge in [0, 0.05) is 25.6 Å². The Hall–Kier alpha value is -1.65. The number of hydrogen-bond acceptors (Lipinski definition) is 3. The molecule has 26 heavy (non-hydrogen) atoms. The predicted molar refractivity (Wildman–Crippen MR) is 105 cm³/mol. The third kappa shape index (κ3) is 4.18. The fourth-order valence-corrected chi connectivity index (χ4v) is 4.29. The van der Waals surface area contributed by atoms with Crippen molar-refractivity contribution in [3.8, 4) is 0 Å². The third-order valence-electron chi connectivity index (χ3n) is 6.07. The zero-order chi connectivity index (χ0) is 18.4. The summed E-state index contributed by atoms with van der Waals surface area (Å²) in [5, 5.41) is 14.6. The first kappa shape index (κ1) is 19.1. The molecule has 1 atom stereocenters. The first-order chi connectivity index (χ1) is 12.6. The van der Waals surface area contributed by atoms with Gasteiger partial charge in [0.1, 0.15) is 0 Å². The summed E-state index contributed by atoms with van der Waals surface area (Å²) in [5.74, 6) is -0.246. The van der Waals surface area contributed by atoms with E-state index in [1.807, 2.05) is 30.3 Å². The minimum Gasteiger partial charge on any atom is -0.375 e. The van der Waals surface area contributed by atoms with Crippen LogP contribution in [-0.4, -0.2) is 42.1 Å². The molecule has 4 heteroatoms. The monoisotopic (exact) mass is 356 g/mol. The van der Waals surface area contributed by atoms with Crippen molar-refractivity contribution in [1.82, 2.24) is 10.2 Å². The van der Waals surface area contributed by atoms with Gasteiger partial charge in [0.15, 0.2) is 5.60 Å². The van der Waals surface area contributed by atoms with Crippen molar-refractivity contribution in [2.45, 2.75) is 51.0 Å². The quantitative estimate of drug-likeness (QED) is 0.770. The summed E-state index contributed by atoms with van der Waals surface area (Å²) >= 11 is 0. The van der Waals surface area contributed by atoms with Gasteiger partial charge >= 0.3 is 0 Å². The van der Waals surface area contributed by atoms with E-state index in [0.29, 0.717) is 6.54 Å². The minimum atomic E-state index is -1.42. The summed E-state index contributed by atoms with van der Waals surface area (Å²) in [5.41, 5.74) is 0.563.